The molecule has 2 fully saturated rings. The van der Waals surface area contributed by atoms with Crippen LogP contribution < -0.4 is 0 Å². The van der Waals surface area contributed by atoms with Gasteiger partial charge in [-0.1, -0.05) is 0 Å². The molecule has 0 aromatic rings. The Balaban J connectivity index is 1.68. The maximum absolute atomic E-state index is 2.59. The van der Waals surface area contributed by atoms with E-state index in [9.17, 15) is 0 Å². The summed E-state index contributed by atoms with van der Waals surface area (Å²) >= 11 is -0.356. The van der Waals surface area contributed by atoms with Crippen LogP contribution >= 0.6 is 19.8 Å². The zero-order chi connectivity index (χ0) is 10.7. The molecule has 2 aliphatic rings. The van der Waals surface area contributed by atoms with E-state index >= 15 is 0 Å². The maximum atomic E-state index is 2.59. The van der Waals surface area contributed by atoms with Crippen molar-refractivity contribution in [2.24, 2.45) is 17.8 Å². The number of hydrogen-bond donors (Lipinski definition) is 0. The summed E-state index contributed by atoms with van der Waals surface area (Å²) in [5.41, 5.74) is 0. The molecule has 0 nitrogen and oxygen atoms in total. The van der Waals surface area contributed by atoms with E-state index in [0.717, 1.165) is 17.8 Å². The fraction of sp³-hybridized carbons (Fsp3) is 1.00. The molecule has 0 aromatic heterocycles. The molecule has 0 radical (unpaired) electrons. The van der Waals surface area contributed by atoms with Crippen LogP contribution in [0.5, 0.6) is 0 Å². The minimum atomic E-state index is -0.356. The van der Waals surface area contributed by atoms with Crippen LogP contribution in [0.1, 0.15) is 51.9 Å². The molecule has 1 aliphatic heterocycles. The second-order valence-electron chi connectivity index (χ2n) is 5.91. The van der Waals surface area contributed by atoms with Crippen LogP contribution in [-0.4, -0.2) is 13.8 Å². The standard InChI is InChI=1S/C14H27I/c1-12-3-5-13(6-4-12)11-14-7-9-15(2)10-8-14/h12-14H,3-11H2,1-2H3. The molecule has 0 unspecified atom stereocenters. The normalized spacial score (nSPS) is 36.8. The molecule has 0 aromatic carbocycles. The van der Waals surface area contributed by atoms with Gasteiger partial charge in [-0.25, -0.2) is 0 Å². The topological polar surface area (TPSA) is 0 Å². The van der Waals surface area contributed by atoms with E-state index < -0.39 is 0 Å². The van der Waals surface area contributed by atoms with Crippen LogP contribution in [-0.2, 0) is 0 Å². The van der Waals surface area contributed by atoms with Gasteiger partial charge in [-0.05, 0) is 0 Å². The molecule has 90 valence electrons. The van der Waals surface area contributed by atoms with Gasteiger partial charge in [0.2, 0.25) is 0 Å². The Hall–Kier alpha value is 0.730. The zero-order valence-corrected chi connectivity index (χ0v) is 12.6. The second-order valence-corrected chi connectivity index (χ2v) is 12.2. The van der Waals surface area contributed by atoms with E-state index in [1.54, 1.807) is 41.0 Å². The third-order valence-corrected chi connectivity index (χ3v) is 9.41. The van der Waals surface area contributed by atoms with E-state index in [2.05, 4.69) is 11.9 Å². The van der Waals surface area contributed by atoms with Crippen LogP contribution in [0.4, 0.5) is 0 Å². The van der Waals surface area contributed by atoms with Gasteiger partial charge in [0.15, 0.2) is 0 Å². The predicted molar refractivity (Wildman–Crippen MR) is 78.1 cm³/mol. The van der Waals surface area contributed by atoms with Crippen molar-refractivity contribution in [1.82, 2.24) is 0 Å². The van der Waals surface area contributed by atoms with Gasteiger partial charge in [0.1, 0.15) is 0 Å². The van der Waals surface area contributed by atoms with Gasteiger partial charge in [0.25, 0.3) is 0 Å². The molecule has 0 amide bonds. The van der Waals surface area contributed by atoms with Crippen molar-refractivity contribution in [3.63, 3.8) is 0 Å². The first-order valence-corrected chi connectivity index (χ1v) is 12.0. The van der Waals surface area contributed by atoms with Crippen LogP contribution in [0.15, 0.2) is 0 Å². The molecule has 2 rings (SSSR count). The summed E-state index contributed by atoms with van der Waals surface area (Å²) < 4.78 is 3.33. The van der Waals surface area contributed by atoms with Gasteiger partial charge in [-0.2, -0.15) is 0 Å². The number of halogens is 1. The van der Waals surface area contributed by atoms with Crippen molar-refractivity contribution in [2.45, 2.75) is 51.9 Å². The number of hydrogen-bond acceptors (Lipinski definition) is 0. The second kappa shape index (κ2) is 5.88. The Morgan fingerprint density at radius 1 is 0.867 bits per heavy atom. The third kappa shape index (κ3) is 3.90. The summed E-state index contributed by atoms with van der Waals surface area (Å²) in [4.78, 5) is 2.59. The van der Waals surface area contributed by atoms with Crippen molar-refractivity contribution in [3.8, 4) is 0 Å². The van der Waals surface area contributed by atoms with Gasteiger partial charge in [0.05, 0.1) is 0 Å². The van der Waals surface area contributed by atoms with Crippen molar-refractivity contribution < 1.29 is 0 Å². The van der Waals surface area contributed by atoms with Gasteiger partial charge >= 0.3 is 103 Å². The molecular formula is C14H27I. The molecule has 0 spiro atoms. The summed E-state index contributed by atoms with van der Waals surface area (Å²) in [5, 5.41) is 0. The van der Waals surface area contributed by atoms with Crippen LogP contribution in [0.2, 0.25) is 0 Å². The zero-order valence-electron chi connectivity index (χ0n) is 10.5. The van der Waals surface area contributed by atoms with Gasteiger partial charge in [-0.3, -0.25) is 0 Å². The van der Waals surface area contributed by atoms with Crippen molar-refractivity contribution in [3.05, 3.63) is 0 Å². The fourth-order valence-electron chi connectivity index (χ4n) is 3.19. The summed E-state index contributed by atoms with van der Waals surface area (Å²) in [6.45, 7) is 2.44. The molecular weight excluding hydrogens is 295 g/mol. The molecule has 0 atom stereocenters. The van der Waals surface area contributed by atoms with Gasteiger partial charge in [0, 0.05) is 0 Å². The van der Waals surface area contributed by atoms with Crippen LogP contribution in [0.25, 0.3) is 0 Å². The third-order valence-electron chi connectivity index (χ3n) is 4.48. The Labute approximate surface area is 103 Å². The molecule has 1 saturated carbocycles. The Kier molecular flexibility index (Phi) is 4.78. The first-order valence-electron chi connectivity index (χ1n) is 6.76. The molecule has 0 bridgehead atoms. The fourth-order valence-corrected chi connectivity index (χ4v) is 7.62. The number of rotatable bonds is 2. The Morgan fingerprint density at radius 2 is 1.40 bits per heavy atom. The number of alkyl halides is 3. The van der Waals surface area contributed by atoms with Gasteiger partial charge < -0.3 is 0 Å². The predicted octanol–water partition coefficient (Wildman–Crippen LogP) is 4.75. The van der Waals surface area contributed by atoms with Crippen molar-refractivity contribution >= 4 is 19.8 Å². The van der Waals surface area contributed by atoms with E-state index in [1.165, 1.54) is 12.8 Å². The first kappa shape index (κ1) is 12.2. The molecule has 0 N–H and O–H groups in total. The van der Waals surface area contributed by atoms with Crippen molar-refractivity contribution in [2.75, 3.05) is 13.8 Å². The molecule has 15 heavy (non-hydrogen) atoms. The summed E-state index contributed by atoms with van der Waals surface area (Å²) in [5.74, 6) is 3.28. The average Bonchev–Trinajstić information content (AvgIpc) is 2.25. The SMILES string of the molecule is CC1CCC(CC2CCI(C)CC2)CC1. The van der Waals surface area contributed by atoms with Crippen LogP contribution in [0.3, 0.4) is 0 Å². The average molecular weight is 322 g/mol. The van der Waals surface area contributed by atoms with Gasteiger partial charge in [-0.15, -0.1) is 0 Å². The summed E-state index contributed by atoms with van der Waals surface area (Å²) in [6, 6.07) is 0. The van der Waals surface area contributed by atoms with E-state index in [1.807, 2.05) is 0 Å². The molecule has 1 heteroatoms. The Morgan fingerprint density at radius 3 is 2.00 bits per heavy atom. The van der Waals surface area contributed by atoms with E-state index in [4.69, 9.17) is 0 Å². The summed E-state index contributed by atoms with van der Waals surface area (Å²) in [6.07, 6.45) is 10.9. The quantitative estimate of drug-likeness (QED) is 0.508. The monoisotopic (exact) mass is 322 g/mol. The summed E-state index contributed by atoms with van der Waals surface area (Å²) in [7, 11) is 0. The van der Waals surface area contributed by atoms with Crippen molar-refractivity contribution in [1.29, 1.82) is 0 Å². The molecule has 1 aliphatic carbocycles. The van der Waals surface area contributed by atoms with Crippen LogP contribution in [0, 0.1) is 17.8 Å². The Bertz CT molecular complexity index is 154. The van der Waals surface area contributed by atoms with E-state index in [0.29, 0.717) is 0 Å². The minimum absolute atomic E-state index is 0.356. The van der Waals surface area contributed by atoms with E-state index in [-0.39, 0.29) is 19.8 Å². The molecule has 1 heterocycles. The first-order chi connectivity index (χ1) is 7.24. The molecule has 1 saturated heterocycles.